The highest BCUT2D eigenvalue weighted by atomic mass is 32.1. The Bertz CT molecular complexity index is 919. The summed E-state index contributed by atoms with van der Waals surface area (Å²) in [5.41, 5.74) is 3.74. The number of nitrogens with one attached hydrogen (secondary N) is 1. The molecule has 0 unspecified atom stereocenters. The number of aromatic nitrogens is 1. The highest BCUT2D eigenvalue weighted by Crippen LogP contribution is 2.28. The van der Waals surface area contributed by atoms with Crippen molar-refractivity contribution in [3.8, 4) is 11.3 Å². The fraction of sp³-hybridized carbons (Fsp3) is 0.333. The van der Waals surface area contributed by atoms with Gasteiger partial charge in [-0.05, 0) is 32.4 Å². The molecule has 4 nitrogen and oxygen atoms in total. The van der Waals surface area contributed by atoms with Crippen molar-refractivity contribution < 1.29 is 9.69 Å². The number of amides is 1. The first-order valence-electron chi connectivity index (χ1n) is 10.4. The van der Waals surface area contributed by atoms with E-state index in [1.54, 1.807) is 4.90 Å². The molecule has 3 rings (SSSR count). The van der Waals surface area contributed by atoms with E-state index in [2.05, 4.69) is 26.0 Å². The number of benzene rings is 2. The van der Waals surface area contributed by atoms with Gasteiger partial charge < -0.3 is 4.90 Å². The molecule has 0 fully saturated rings. The van der Waals surface area contributed by atoms with Gasteiger partial charge in [0.2, 0.25) is 0 Å². The number of rotatable bonds is 9. The second-order valence-electron chi connectivity index (χ2n) is 7.21. The predicted molar refractivity (Wildman–Crippen MR) is 122 cm³/mol. The standard InChI is InChI=1S/C24H29N3OS/c1-4-26(5-2)16-11-17-27(23(28)21-15-10-9-12-19(21)3)24-25-22(18-29-24)20-13-7-6-8-14-20/h6-10,12-15,18H,4-5,11,16-17H2,1-3H3/p+1. The summed E-state index contributed by atoms with van der Waals surface area (Å²) in [6.07, 6.45) is 0.953. The maximum absolute atomic E-state index is 13.4. The number of hydrogen-bond donors (Lipinski definition) is 1. The molecule has 152 valence electrons. The van der Waals surface area contributed by atoms with E-state index in [0.29, 0.717) is 6.54 Å². The van der Waals surface area contributed by atoms with Crippen LogP contribution in [0.2, 0.25) is 0 Å². The second kappa shape index (κ2) is 10.3. The van der Waals surface area contributed by atoms with Gasteiger partial charge in [0, 0.05) is 29.5 Å². The number of carbonyl (C=O) groups excluding carboxylic acids is 1. The van der Waals surface area contributed by atoms with Gasteiger partial charge in [-0.25, -0.2) is 4.98 Å². The Morgan fingerprint density at radius 3 is 2.41 bits per heavy atom. The van der Waals surface area contributed by atoms with E-state index in [0.717, 1.165) is 53.6 Å². The summed E-state index contributed by atoms with van der Waals surface area (Å²) in [6.45, 7) is 10.4. The van der Waals surface area contributed by atoms with E-state index in [-0.39, 0.29) is 5.91 Å². The van der Waals surface area contributed by atoms with Crippen molar-refractivity contribution >= 4 is 22.4 Å². The zero-order chi connectivity index (χ0) is 20.6. The van der Waals surface area contributed by atoms with Gasteiger partial charge >= 0.3 is 0 Å². The Morgan fingerprint density at radius 1 is 1.03 bits per heavy atom. The normalized spacial score (nSPS) is 11.0. The molecular formula is C24H30N3OS+. The number of quaternary nitrogens is 1. The zero-order valence-corrected chi connectivity index (χ0v) is 18.3. The molecule has 0 saturated carbocycles. The fourth-order valence-corrected chi connectivity index (χ4v) is 4.32. The number of anilines is 1. The lowest BCUT2D eigenvalue weighted by Crippen LogP contribution is -3.11. The van der Waals surface area contributed by atoms with Crippen LogP contribution in [0, 0.1) is 6.92 Å². The Hall–Kier alpha value is -2.50. The lowest BCUT2D eigenvalue weighted by atomic mass is 10.1. The third kappa shape index (κ3) is 5.31. The molecule has 0 saturated heterocycles. The third-order valence-corrected chi connectivity index (χ3v) is 6.19. The average Bonchev–Trinajstić information content (AvgIpc) is 3.24. The van der Waals surface area contributed by atoms with Gasteiger partial charge in [-0.1, -0.05) is 48.5 Å². The summed E-state index contributed by atoms with van der Waals surface area (Å²) in [6, 6.07) is 17.9. The van der Waals surface area contributed by atoms with Crippen molar-refractivity contribution in [2.24, 2.45) is 0 Å². The van der Waals surface area contributed by atoms with Crippen LogP contribution in [0.15, 0.2) is 60.0 Å². The molecule has 1 N–H and O–H groups in total. The highest BCUT2D eigenvalue weighted by Gasteiger charge is 2.22. The van der Waals surface area contributed by atoms with Gasteiger partial charge in [0.05, 0.1) is 25.3 Å². The lowest BCUT2D eigenvalue weighted by Gasteiger charge is -2.22. The van der Waals surface area contributed by atoms with E-state index in [4.69, 9.17) is 4.98 Å². The minimum atomic E-state index is 0.0339. The van der Waals surface area contributed by atoms with Crippen LogP contribution in [0.1, 0.15) is 36.2 Å². The van der Waals surface area contributed by atoms with Crippen LogP contribution >= 0.6 is 11.3 Å². The molecule has 0 aliphatic carbocycles. The molecule has 1 heterocycles. The summed E-state index contributed by atoms with van der Waals surface area (Å²) in [5.74, 6) is 0.0339. The topological polar surface area (TPSA) is 37.6 Å². The van der Waals surface area contributed by atoms with Crippen LogP contribution in [-0.4, -0.2) is 37.1 Å². The largest absolute Gasteiger partial charge is 0.335 e. The van der Waals surface area contributed by atoms with Gasteiger partial charge in [0.25, 0.3) is 5.91 Å². The van der Waals surface area contributed by atoms with Gasteiger partial charge in [-0.3, -0.25) is 9.69 Å². The third-order valence-electron chi connectivity index (χ3n) is 5.33. The summed E-state index contributed by atoms with van der Waals surface area (Å²) in [4.78, 5) is 21.6. The number of carbonyl (C=O) groups is 1. The fourth-order valence-electron chi connectivity index (χ4n) is 3.46. The van der Waals surface area contributed by atoms with E-state index < -0.39 is 0 Å². The first-order valence-corrected chi connectivity index (χ1v) is 11.2. The van der Waals surface area contributed by atoms with Gasteiger partial charge in [-0.2, -0.15) is 0 Å². The van der Waals surface area contributed by atoms with Crippen LogP contribution in [0.5, 0.6) is 0 Å². The zero-order valence-electron chi connectivity index (χ0n) is 17.5. The maximum atomic E-state index is 13.4. The maximum Gasteiger partial charge on any atom is 0.260 e. The van der Waals surface area contributed by atoms with Crippen LogP contribution < -0.4 is 9.80 Å². The van der Waals surface area contributed by atoms with Crippen molar-refractivity contribution in [3.63, 3.8) is 0 Å². The summed E-state index contributed by atoms with van der Waals surface area (Å²) in [7, 11) is 0. The predicted octanol–water partition coefficient (Wildman–Crippen LogP) is 4.08. The van der Waals surface area contributed by atoms with Crippen molar-refractivity contribution in [3.05, 3.63) is 71.1 Å². The molecule has 1 aromatic heterocycles. The van der Waals surface area contributed by atoms with Crippen molar-refractivity contribution in [1.29, 1.82) is 0 Å². The Balaban J connectivity index is 1.85. The van der Waals surface area contributed by atoms with E-state index >= 15 is 0 Å². The summed E-state index contributed by atoms with van der Waals surface area (Å²) >= 11 is 1.54. The molecule has 29 heavy (non-hydrogen) atoms. The van der Waals surface area contributed by atoms with E-state index in [1.807, 2.05) is 59.7 Å². The molecule has 0 aliphatic rings. The van der Waals surface area contributed by atoms with Gasteiger partial charge in [0.1, 0.15) is 0 Å². The molecule has 5 heteroatoms. The highest BCUT2D eigenvalue weighted by molar-refractivity contribution is 7.14. The Labute approximate surface area is 177 Å². The molecule has 3 aromatic rings. The van der Waals surface area contributed by atoms with E-state index in [1.165, 1.54) is 11.3 Å². The molecule has 0 aliphatic heterocycles. The lowest BCUT2D eigenvalue weighted by molar-refractivity contribution is -0.896. The van der Waals surface area contributed by atoms with Crippen LogP contribution in [-0.2, 0) is 0 Å². The van der Waals surface area contributed by atoms with Crippen LogP contribution in [0.3, 0.4) is 0 Å². The summed E-state index contributed by atoms with van der Waals surface area (Å²) in [5, 5.41) is 2.81. The molecule has 0 bridgehead atoms. The monoisotopic (exact) mass is 408 g/mol. The molecule has 0 radical (unpaired) electrons. The van der Waals surface area contributed by atoms with Crippen molar-refractivity contribution in [1.82, 2.24) is 4.98 Å². The Kier molecular flexibility index (Phi) is 7.55. The first kappa shape index (κ1) is 21.2. The van der Waals surface area contributed by atoms with E-state index in [9.17, 15) is 4.79 Å². The minimum Gasteiger partial charge on any atom is -0.335 e. The molecule has 1 amide bonds. The summed E-state index contributed by atoms with van der Waals surface area (Å²) < 4.78 is 0. The first-order chi connectivity index (χ1) is 14.1. The molecular weight excluding hydrogens is 378 g/mol. The van der Waals surface area contributed by atoms with Crippen LogP contribution in [0.25, 0.3) is 11.3 Å². The van der Waals surface area contributed by atoms with Crippen LogP contribution in [0.4, 0.5) is 5.13 Å². The number of thiazole rings is 1. The van der Waals surface area contributed by atoms with Crippen molar-refractivity contribution in [2.45, 2.75) is 27.2 Å². The molecule has 0 atom stereocenters. The minimum absolute atomic E-state index is 0.0339. The number of nitrogens with zero attached hydrogens (tertiary/aromatic N) is 2. The molecule has 2 aromatic carbocycles. The Morgan fingerprint density at radius 2 is 1.72 bits per heavy atom. The number of aryl methyl sites for hydroxylation is 1. The van der Waals surface area contributed by atoms with Gasteiger partial charge in [-0.15, -0.1) is 11.3 Å². The van der Waals surface area contributed by atoms with Gasteiger partial charge in [0.15, 0.2) is 5.13 Å². The average molecular weight is 409 g/mol. The molecule has 0 spiro atoms. The number of hydrogen-bond acceptors (Lipinski definition) is 3. The SMILES string of the molecule is CC[NH+](CC)CCCN(C(=O)c1ccccc1C)c1nc(-c2ccccc2)cs1. The second-order valence-corrected chi connectivity index (χ2v) is 8.05. The quantitative estimate of drug-likeness (QED) is 0.579. The van der Waals surface area contributed by atoms with Crippen molar-refractivity contribution in [2.75, 3.05) is 31.1 Å². The smallest absolute Gasteiger partial charge is 0.260 e.